The lowest BCUT2D eigenvalue weighted by molar-refractivity contribution is -0.134. The van der Waals surface area contributed by atoms with Gasteiger partial charge in [0, 0.05) is 44.6 Å². The topological polar surface area (TPSA) is 69.7 Å². The maximum Gasteiger partial charge on any atom is 0.242 e. The number of Topliss-reactive ketones (excluding diaryl/α,β-unsaturated/α-hetero) is 1. The third kappa shape index (κ3) is 5.77. The molecule has 1 N–H and O–H groups in total. The van der Waals surface area contributed by atoms with Crippen LogP contribution in [0.15, 0.2) is 30.3 Å². The van der Waals surface area contributed by atoms with Crippen molar-refractivity contribution in [3.63, 3.8) is 0 Å². The molecule has 1 aromatic rings. The highest BCUT2D eigenvalue weighted by molar-refractivity contribution is 5.96. The fraction of sp³-hybridized carbons (Fsp3) is 0.500. The number of hydrogen-bond acceptors (Lipinski definition) is 4. The summed E-state index contributed by atoms with van der Waals surface area (Å²) in [7, 11) is 2.03. The Labute approximate surface area is 142 Å². The van der Waals surface area contributed by atoms with Crippen LogP contribution >= 0.6 is 0 Å². The second kappa shape index (κ2) is 9.17. The summed E-state index contributed by atoms with van der Waals surface area (Å²) in [4.78, 5) is 39.7. The van der Waals surface area contributed by atoms with Crippen molar-refractivity contribution in [3.05, 3.63) is 35.9 Å². The van der Waals surface area contributed by atoms with Gasteiger partial charge in [-0.15, -0.1) is 0 Å². The molecule has 1 aliphatic heterocycles. The lowest BCUT2D eigenvalue weighted by Gasteiger charge is -2.32. The van der Waals surface area contributed by atoms with E-state index in [4.69, 9.17) is 0 Å². The van der Waals surface area contributed by atoms with Gasteiger partial charge in [-0.1, -0.05) is 30.3 Å². The number of carbonyl (C=O) groups is 3. The number of carbonyl (C=O) groups excluding carboxylic acids is 3. The fourth-order valence-corrected chi connectivity index (χ4v) is 2.61. The number of benzene rings is 1. The molecule has 2 rings (SSSR count). The number of piperazine rings is 1. The van der Waals surface area contributed by atoms with Crippen LogP contribution in [0, 0.1) is 0 Å². The van der Waals surface area contributed by atoms with Crippen molar-refractivity contribution in [2.75, 3.05) is 39.8 Å². The maximum atomic E-state index is 12.0. The monoisotopic (exact) mass is 331 g/mol. The Balaban J connectivity index is 1.61. The first-order chi connectivity index (χ1) is 11.6. The normalized spacial score (nSPS) is 15.1. The zero-order valence-corrected chi connectivity index (χ0v) is 14.2. The van der Waals surface area contributed by atoms with E-state index >= 15 is 0 Å². The van der Waals surface area contributed by atoms with Gasteiger partial charge in [0.1, 0.15) is 0 Å². The molecule has 1 fully saturated rings. The number of rotatable bonds is 7. The Kier molecular flexibility index (Phi) is 6.93. The molecule has 0 spiro atoms. The Morgan fingerprint density at radius 3 is 2.33 bits per heavy atom. The van der Waals surface area contributed by atoms with E-state index in [1.165, 1.54) is 0 Å². The molecule has 1 aromatic carbocycles. The van der Waals surface area contributed by atoms with E-state index in [1.807, 2.05) is 25.2 Å². The van der Waals surface area contributed by atoms with Crippen molar-refractivity contribution in [3.8, 4) is 0 Å². The van der Waals surface area contributed by atoms with E-state index in [-0.39, 0.29) is 30.6 Å². The number of nitrogens with zero attached hydrogens (tertiary/aromatic N) is 2. The van der Waals surface area contributed by atoms with Gasteiger partial charge in [0.15, 0.2) is 5.78 Å². The van der Waals surface area contributed by atoms with E-state index in [0.717, 1.165) is 13.1 Å². The molecule has 0 saturated carbocycles. The Morgan fingerprint density at radius 2 is 1.67 bits per heavy atom. The molecule has 0 radical (unpaired) electrons. The van der Waals surface area contributed by atoms with Crippen molar-refractivity contribution in [2.24, 2.45) is 0 Å². The number of likely N-dealkylation sites (N-methyl/N-ethyl adjacent to an activating group) is 1. The van der Waals surface area contributed by atoms with Crippen molar-refractivity contribution in [1.82, 2.24) is 15.1 Å². The molecule has 2 amide bonds. The number of hydrogen-bond donors (Lipinski definition) is 1. The van der Waals surface area contributed by atoms with Gasteiger partial charge in [-0.25, -0.2) is 0 Å². The van der Waals surface area contributed by atoms with E-state index in [9.17, 15) is 14.4 Å². The summed E-state index contributed by atoms with van der Waals surface area (Å²) in [5.41, 5.74) is 0.670. The third-order valence-electron chi connectivity index (χ3n) is 4.20. The Hall–Kier alpha value is -2.21. The SMILES string of the molecule is CN1CCN(C(=O)CNC(=O)CCCC(=O)c2ccccc2)CC1. The summed E-state index contributed by atoms with van der Waals surface area (Å²) in [6, 6.07) is 9.06. The highest BCUT2D eigenvalue weighted by atomic mass is 16.2. The minimum absolute atomic E-state index is 0.0369. The average Bonchev–Trinajstić information content (AvgIpc) is 2.61. The largest absolute Gasteiger partial charge is 0.347 e. The first kappa shape index (κ1) is 18.1. The molecule has 0 atom stereocenters. The third-order valence-corrected chi connectivity index (χ3v) is 4.20. The van der Waals surface area contributed by atoms with Crippen LogP contribution < -0.4 is 5.32 Å². The van der Waals surface area contributed by atoms with Gasteiger partial charge in [0.25, 0.3) is 0 Å². The minimum Gasteiger partial charge on any atom is -0.347 e. The van der Waals surface area contributed by atoms with Crippen molar-refractivity contribution < 1.29 is 14.4 Å². The standard InChI is InChI=1S/C18H25N3O3/c1-20-10-12-21(13-11-20)18(24)14-19-17(23)9-5-8-16(22)15-6-3-2-4-7-15/h2-4,6-7H,5,8-14H2,1H3,(H,19,23). The molecule has 130 valence electrons. The van der Waals surface area contributed by atoms with Crippen LogP contribution in [0.1, 0.15) is 29.6 Å². The maximum absolute atomic E-state index is 12.0. The smallest absolute Gasteiger partial charge is 0.242 e. The zero-order chi connectivity index (χ0) is 17.4. The molecule has 0 aliphatic carbocycles. The van der Waals surface area contributed by atoms with Crippen molar-refractivity contribution in [2.45, 2.75) is 19.3 Å². The number of amides is 2. The molecule has 1 heterocycles. The van der Waals surface area contributed by atoms with E-state index in [1.54, 1.807) is 17.0 Å². The lowest BCUT2D eigenvalue weighted by Crippen LogP contribution is -2.50. The highest BCUT2D eigenvalue weighted by Gasteiger charge is 2.19. The van der Waals surface area contributed by atoms with Crippen LogP contribution in [0.5, 0.6) is 0 Å². The molecule has 24 heavy (non-hydrogen) atoms. The second-order valence-electron chi connectivity index (χ2n) is 6.10. The lowest BCUT2D eigenvalue weighted by atomic mass is 10.1. The summed E-state index contributed by atoms with van der Waals surface area (Å²) >= 11 is 0. The van der Waals surface area contributed by atoms with Gasteiger partial charge in [-0.2, -0.15) is 0 Å². The van der Waals surface area contributed by atoms with Gasteiger partial charge in [0.05, 0.1) is 6.54 Å². The predicted molar refractivity (Wildman–Crippen MR) is 91.7 cm³/mol. The molecular weight excluding hydrogens is 306 g/mol. The molecule has 0 unspecified atom stereocenters. The van der Waals surface area contributed by atoms with E-state index < -0.39 is 0 Å². The molecular formula is C18H25N3O3. The zero-order valence-electron chi connectivity index (χ0n) is 14.2. The Bertz CT molecular complexity index is 566. The van der Waals surface area contributed by atoms with Crippen LogP contribution in [-0.4, -0.2) is 67.2 Å². The van der Waals surface area contributed by atoms with E-state index in [0.29, 0.717) is 31.5 Å². The van der Waals surface area contributed by atoms with Gasteiger partial charge >= 0.3 is 0 Å². The Morgan fingerprint density at radius 1 is 1.00 bits per heavy atom. The van der Waals surface area contributed by atoms with Crippen molar-refractivity contribution in [1.29, 1.82) is 0 Å². The quantitative estimate of drug-likeness (QED) is 0.755. The van der Waals surface area contributed by atoms with Crippen molar-refractivity contribution >= 4 is 17.6 Å². The van der Waals surface area contributed by atoms with Gasteiger partial charge in [-0.05, 0) is 13.5 Å². The first-order valence-corrected chi connectivity index (χ1v) is 8.37. The summed E-state index contributed by atoms with van der Waals surface area (Å²) < 4.78 is 0. The summed E-state index contributed by atoms with van der Waals surface area (Å²) in [6.07, 6.45) is 1.08. The van der Waals surface area contributed by atoms with Gasteiger partial charge in [0.2, 0.25) is 11.8 Å². The second-order valence-corrected chi connectivity index (χ2v) is 6.10. The molecule has 6 nitrogen and oxygen atoms in total. The van der Waals surface area contributed by atoms with Crippen LogP contribution in [0.4, 0.5) is 0 Å². The fourth-order valence-electron chi connectivity index (χ4n) is 2.61. The van der Waals surface area contributed by atoms with Gasteiger partial charge in [-0.3, -0.25) is 14.4 Å². The molecule has 1 saturated heterocycles. The minimum atomic E-state index is -0.182. The molecule has 6 heteroatoms. The molecule has 0 bridgehead atoms. The van der Waals surface area contributed by atoms with Crippen LogP contribution in [0.3, 0.4) is 0 Å². The number of ketones is 1. The first-order valence-electron chi connectivity index (χ1n) is 8.37. The van der Waals surface area contributed by atoms with Gasteiger partial charge < -0.3 is 15.1 Å². The summed E-state index contributed by atoms with van der Waals surface area (Å²) in [5.74, 6) is -0.188. The molecule has 1 aliphatic rings. The highest BCUT2D eigenvalue weighted by Crippen LogP contribution is 2.06. The predicted octanol–water partition coefficient (Wildman–Crippen LogP) is 0.930. The van der Waals surface area contributed by atoms with E-state index in [2.05, 4.69) is 10.2 Å². The van der Waals surface area contributed by atoms with Crippen LogP contribution in [0.2, 0.25) is 0 Å². The van der Waals surface area contributed by atoms with Crippen LogP contribution in [0.25, 0.3) is 0 Å². The summed E-state index contributed by atoms with van der Waals surface area (Å²) in [5, 5.41) is 2.65. The average molecular weight is 331 g/mol. The molecule has 0 aromatic heterocycles. The summed E-state index contributed by atoms with van der Waals surface area (Å²) in [6.45, 7) is 3.17. The van der Waals surface area contributed by atoms with Crippen LogP contribution in [-0.2, 0) is 9.59 Å². The number of nitrogens with one attached hydrogen (secondary N) is 1.